The van der Waals surface area contributed by atoms with Crippen molar-refractivity contribution < 1.29 is 22.7 Å². The van der Waals surface area contributed by atoms with Gasteiger partial charge in [-0.15, -0.1) is 0 Å². The lowest BCUT2D eigenvalue weighted by Gasteiger charge is -2.09. The molecule has 3 aromatic rings. The van der Waals surface area contributed by atoms with E-state index in [0.717, 1.165) is 4.47 Å². The molecule has 0 amide bonds. The van der Waals surface area contributed by atoms with Crippen LogP contribution in [0.2, 0.25) is 0 Å². The van der Waals surface area contributed by atoms with Crippen molar-refractivity contribution in [3.8, 4) is 0 Å². The summed E-state index contributed by atoms with van der Waals surface area (Å²) < 4.78 is 34.7. The van der Waals surface area contributed by atoms with Crippen LogP contribution in [-0.4, -0.2) is 31.3 Å². The lowest BCUT2D eigenvalue weighted by molar-refractivity contribution is 0.0472. The molecular weight excluding hydrogens is 460 g/mol. The second kappa shape index (κ2) is 8.62. The van der Waals surface area contributed by atoms with Gasteiger partial charge >= 0.3 is 5.97 Å². The van der Waals surface area contributed by atoms with E-state index < -0.39 is 16.0 Å². The first-order chi connectivity index (χ1) is 13.8. The highest BCUT2D eigenvalue weighted by Crippen LogP contribution is 2.19. The van der Waals surface area contributed by atoms with Crippen LogP contribution < -0.4 is 4.72 Å². The quantitative estimate of drug-likeness (QED) is 0.414. The third kappa shape index (κ3) is 5.12. The summed E-state index contributed by atoms with van der Waals surface area (Å²) in [6, 6.07) is 15.3. The van der Waals surface area contributed by atoms with Crippen molar-refractivity contribution in [2.24, 2.45) is 7.05 Å². The molecule has 0 spiro atoms. The van der Waals surface area contributed by atoms with Gasteiger partial charge < -0.3 is 9.30 Å². The molecule has 0 aliphatic rings. The summed E-state index contributed by atoms with van der Waals surface area (Å²) in [6.07, 6.45) is 1.73. The zero-order valence-corrected chi connectivity index (χ0v) is 17.7. The molecule has 1 aromatic heterocycles. The Morgan fingerprint density at radius 2 is 1.69 bits per heavy atom. The predicted octanol–water partition coefficient (Wildman–Crippen LogP) is 3.63. The number of hydrogen-bond acceptors (Lipinski definition) is 5. The Morgan fingerprint density at radius 1 is 1.03 bits per heavy atom. The summed E-state index contributed by atoms with van der Waals surface area (Å²) in [5.74, 6) is -0.986. The number of benzene rings is 2. The number of anilines is 1. The molecule has 0 atom stereocenters. The van der Waals surface area contributed by atoms with E-state index in [9.17, 15) is 18.0 Å². The summed E-state index contributed by atoms with van der Waals surface area (Å²) in [5.41, 5.74) is 0.941. The molecule has 0 fully saturated rings. The monoisotopic (exact) mass is 476 g/mol. The number of ketones is 1. The van der Waals surface area contributed by atoms with Gasteiger partial charge in [0.1, 0.15) is 0 Å². The highest BCUT2D eigenvalue weighted by molar-refractivity contribution is 9.10. The lowest BCUT2D eigenvalue weighted by atomic mass is 10.2. The van der Waals surface area contributed by atoms with Crippen LogP contribution in [0.25, 0.3) is 0 Å². The van der Waals surface area contributed by atoms with Crippen LogP contribution in [0, 0.1) is 0 Å². The lowest BCUT2D eigenvalue weighted by Crippen LogP contribution is -2.16. The molecule has 0 saturated carbocycles. The number of carbonyl (C=O) groups is 2. The molecule has 0 unspecified atom stereocenters. The van der Waals surface area contributed by atoms with Crippen molar-refractivity contribution in [1.82, 2.24) is 4.57 Å². The maximum Gasteiger partial charge on any atom is 0.338 e. The molecule has 1 heterocycles. The molecule has 0 saturated heterocycles. The van der Waals surface area contributed by atoms with Crippen LogP contribution in [0.3, 0.4) is 0 Å². The summed E-state index contributed by atoms with van der Waals surface area (Å²) in [6.45, 7) is -0.380. The van der Waals surface area contributed by atoms with E-state index in [0.29, 0.717) is 11.4 Å². The maximum atomic E-state index is 12.4. The molecule has 1 N–H and O–H groups in total. The summed E-state index contributed by atoms with van der Waals surface area (Å²) in [7, 11) is -2.02. The van der Waals surface area contributed by atoms with Crippen molar-refractivity contribution in [1.29, 1.82) is 0 Å². The van der Waals surface area contributed by atoms with Crippen LogP contribution in [0.15, 0.2) is 76.2 Å². The molecule has 150 valence electrons. The first kappa shape index (κ1) is 20.8. The van der Waals surface area contributed by atoms with Crippen molar-refractivity contribution in [3.63, 3.8) is 0 Å². The van der Waals surface area contributed by atoms with Gasteiger partial charge in [0.05, 0.1) is 16.2 Å². The Bertz CT molecular complexity index is 1140. The third-order valence-corrected chi connectivity index (χ3v) is 5.99. The topological polar surface area (TPSA) is 94.5 Å². The Balaban J connectivity index is 1.62. The van der Waals surface area contributed by atoms with E-state index in [1.807, 2.05) is 0 Å². The number of halogens is 1. The van der Waals surface area contributed by atoms with E-state index in [-0.39, 0.29) is 22.8 Å². The Labute approximate surface area is 176 Å². The van der Waals surface area contributed by atoms with Crippen molar-refractivity contribution in [2.45, 2.75) is 4.90 Å². The molecule has 0 bridgehead atoms. The van der Waals surface area contributed by atoms with Gasteiger partial charge in [-0.05, 0) is 60.7 Å². The van der Waals surface area contributed by atoms with Gasteiger partial charge in [0.15, 0.2) is 6.61 Å². The van der Waals surface area contributed by atoms with E-state index >= 15 is 0 Å². The predicted molar refractivity (Wildman–Crippen MR) is 111 cm³/mol. The minimum Gasteiger partial charge on any atom is -0.454 e. The number of esters is 1. The number of ether oxygens (including phenoxy) is 1. The SMILES string of the molecule is Cn1cccc1C(=O)COC(=O)c1ccc(NS(=O)(=O)c2ccc(Br)cc2)cc1. The van der Waals surface area contributed by atoms with E-state index in [2.05, 4.69) is 20.7 Å². The number of nitrogens with one attached hydrogen (secondary N) is 1. The number of sulfonamides is 1. The molecule has 7 nitrogen and oxygen atoms in total. The summed E-state index contributed by atoms with van der Waals surface area (Å²) >= 11 is 3.26. The molecule has 0 aliphatic carbocycles. The van der Waals surface area contributed by atoms with Gasteiger partial charge in [-0.3, -0.25) is 9.52 Å². The van der Waals surface area contributed by atoms with Gasteiger partial charge in [-0.25, -0.2) is 13.2 Å². The van der Waals surface area contributed by atoms with Crippen molar-refractivity contribution in [2.75, 3.05) is 11.3 Å². The maximum absolute atomic E-state index is 12.4. The largest absolute Gasteiger partial charge is 0.454 e. The summed E-state index contributed by atoms with van der Waals surface area (Å²) in [5, 5.41) is 0. The van der Waals surface area contributed by atoms with Crippen LogP contribution in [0.1, 0.15) is 20.8 Å². The smallest absolute Gasteiger partial charge is 0.338 e. The first-order valence-corrected chi connectivity index (χ1v) is 10.7. The normalized spacial score (nSPS) is 11.1. The number of rotatable bonds is 7. The fraction of sp³-hybridized carbons (Fsp3) is 0.100. The molecule has 3 rings (SSSR count). The highest BCUT2D eigenvalue weighted by atomic mass is 79.9. The van der Waals surface area contributed by atoms with Crippen LogP contribution in [0.5, 0.6) is 0 Å². The third-order valence-electron chi connectivity index (χ3n) is 4.06. The minimum atomic E-state index is -3.75. The van der Waals surface area contributed by atoms with Crippen LogP contribution in [0.4, 0.5) is 5.69 Å². The van der Waals surface area contributed by atoms with E-state index in [1.54, 1.807) is 42.1 Å². The standard InChI is InChI=1S/C20H17BrN2O5S/c1-23-12-2-3-18(23)19(24)13-28-20(25)14-4-8-16(9-5-14)22-29(26,27)17-10-6-15(21)7-11-17/h2-12,22H,13H2,1H3. The number of Topliss-reactive ketones (excluding diaryl/α,β-unsaturated/α-hetero) is 1. The zero-order chi connectivity index (χ0) is 21.0. The van der Waals surface area contributed by atoms with E-state index in [1.165, 1.54) is 36.4 Å². The van der Waals surface area contributed by atoms with Gasteiger partial charge in [0.25, 0.3) is 10.0 Å². The number of nitrogens with zero attached hydrogens (tertiary/aromatic N) is 1. The average Bonchev–Trinajstić information content (AvgIpc) is 3.12. The van der Waals surface area contributed by atoms with Gasteiger partial charge in [0.2, 0.25) is 5.78 Å². The average molecular weight is 477 g/mol. The van der Waals surface area contributed by atoms with Gasteiger partial charge in [-0.2, -0.15) is 0 Å². The molecular formula is C20H17BrN2O5S. The van der Waals surface area contributed by atoms with Gasteiger partial charge in [-0.1, -0.05) is 15.9 Å². The molecule has 0 aliphatic heterocycles. The van der Waals surface area contributed by atoms with Gasteiger partial charge in [0, 0.05) is 23.4 Å². The molecule has 29 heavy (non-hydrogen) atoms. The van der Waals surface area contributed by atoms with Crippen molar-refractivity contribution >= 4 is 43.4 Å². The van der Waals surface area contributed by atoms with Crippen LogP contribution in [-0.2, 0) is 21.8 Å². The Morgan fingerprint density at radius 3 is 2.28 bits per heavy atom. The minimum absolute atomic E-state index is 0.114. The number of hydrogen-bond donors (Lipinski definition) is 1. The van der Waals surface area contributed by atoms with Crippen LogP contribution >= 0.6 is 15.9 Å². The summed E-state index contributed by atoms with van der Waals surface area (Å²) in [4.78, 5) is 24.3. The second-order valence-corrected chi connectivity index (χ2v) is 8.74. The second-order valence-electron chi connectivity index (χ2n) is 6.14. The molecule has 9 heteroatoms. The van der Waals surface area contributed by atoms with E-state index in [4.69, 9.17) is 4.74 Å². The highest BCUT2D eigenvalue weighted by Gasteiger charge is 2.16. The number of aromatic nitrogens is 1. The molecule has 0 radical (unpaired) electrons. The fourth-order valence-electron chi connectivity index (χ4n) is 2.54. The molecule has 2 aromatic carbocycles. The number of aryl methyl sites for hydroxylation is 1. The Hall–Kier alpha value is -2.91. The first-order valence-electron chi connectivity index (χ1n) is 8.46. The number of carbonyl (C=O) groups excluding carboxylic acids is 2. The zero-order valence-electron chi connectivity index (χ0n) is 15.3. The fourth-order valence-corrected chi connectivity index (χ4v) is 3.86. The Kier molecular flexibility index (Phi) is 6.19. The van der Waals surface area contributed by atoms with Crippen molar-refractivity contribution in [3.05, 3.63) is 82.6 Å².